The van der Waals surface area contributed by atoms with Gasteiger partial charge < -0.3 is 5.73 Å². The fourth-order valence-electron chi connectivity index (χ4n) is 5.15. The zero-order chi connectivity index (χ0) is 13.9. The highest BCUT2D eigenvalue weighted by Gasteiger charge is 2.32. The summed E-state index contributed by atoms with van der Waals surface area (Å²) in [4.78, 5) is 0. The maximum Gasteiger partial charge on any atom is 0.00401 e. The second kappa shape index (κ2) is 6.54. The molecule has 20 heavy (non-hydrogen) atoms. The lowest BCUT2D eigenvalue weighted by Crippen LogP contribution is -2.28. The van der Waals surface area contributed by atoms with Crippen LogP contribution in [-0.2, 0) is 0 Å². The molecule has 1 unspecified atom stereocenters. The number of rotatable bonds is 2. The first-order chi connectivity index (χ1) is 9.72. The molecule has 3 rings (SSSR count). The van der Waals surface area contributed by atoms with Crippen molar-refractivity contribution in [2.45, 2.75) is 77.6 Å². The lowest BCUT2D eigenvalue weighted by atomic mass is 9.66. The summed E-state index contributed by atoms with van der Waals surface area (Å²) in [5.41, 5.74) is 7.06. The van der Waals surface area contributed by atoms with E-state index in [1.807, 2.05) is 0 Å². The summed E-state index contributed by atoms with van der Waals surface area (Å²) in [5.74, 6) is 5.12. The van der Waals surface area contributed by atoms with Crippen LogP contribution < -0.4 is 5.73 Å². The predicted octanol–water partition coefficient (Wildman–Crippen LogP) is 5.26. The number of hydrogen-bond donors (Lipinski definition) is 1. The van der Waals surface area contributed by atoms with E-state index in [0.29, 0.717) is 0 Å². The minimum absolute atomic E-state index is 0.953. The normalized spacial score (nSPS) is 43.0. The second-order valence-electron chi connectivity index (χ2n) is 8.01. The van der Waals surface area contributed by atoms with E-state index in [-0.39, 0.29) is 0 Å². The average Bonchev–Trinajstić information content (AvgIpc) is 2.49. The molecule has 0 radical (unpaired) electrons. The van der Waals surface area contributed by atoms with Crippen LogP contribution in [-0.4, -0.2) is 0 Å². The Kier molecular flexibility index (Phi) is 4.73. The summed E-state index contributed by atoms with van der Waals surface area (Å²) in [7, 11) is 0. The lowest BCUT2D eigenvalue weighted by Gasteiger charge is -2.40. The van der Waals surface area contributed by atoms with Gasteiger partial charge in [-0.25, -0.2) is 0 Å². The minimum Gasteiger partial charge on any atom is -0.402 e. The highest BCUT2D eigenvalue weighted by Crippen LogP contribution is 2.44. The lowest BCUT2D eigenvalue weighted by molar-refractivity contribution is 0.124. The van der Waals surface area contributed by atoms with Crippen molar-refractivity contribution in [1.29, 1.82) is 0 Å². The van der Waals surface area contributed by atoms with Gasteiger partial charge in [-0.15, -0.1) is 0 Å². The number of allylic oxidation sites excluding steroid dienone is 2. The van der Waals surface area contributed by atoms with Crippen LogP contribution in [0.2, 0.25) is 0 Å². The second-order valence-corrected chi connectivity index (χ2v) is 8.01. The monoisotopic (exact) mass is 275 g/mol. The Morgan fingerprint density at radius 2 is 1.25 bits per heavy atom. The van der Waals surface area contributed by atoms with E-state index in [9.17, 15) is 0 Å². The van der Waals surface area contributed by atoms with Crippen molar-refractivity contribution >= 4 is 0 Å². The Morgan fingerprint density at radius 3 is 1.75 bits per heavy atom. The number of nitrogens with two attached hydrogens (primary N) is 1. The molecule has 1 nitrogen and oxygen atoms in total. The molecule has 0 heterocycles. The van der Waals surface area contributed by atoms with E-state index in [1.54, 1.807) is 0 Å². The molecule has 0 aromatic rings. The van der Waals surface area contributed by atoms with Gasteiger partial charge >= 0.3 is 0 Å². The third-order valence-electron chi connectivity index (χ3n) is 6.70. The SMILES string of the molecule is CC1CCC(C2CCC(C3CC=C(N)CC3)CC2)CC1. The molecular weight excluding hydrogens is 242 g/mol. The summed E-state index contributed by atoms with van der Waals surface area (Å²) in [5, 5.41) is 0. The van der Waals surface area contributed by atoms with E-state index in [1.165, 1.54) is 64.2 Å². The molecule has 1 heteroatoms. The molecule has 3 aliphatic rings. The average molecular weight is 275 g/mol. The quantitative estimate of drug-likeness (QED) is 0.730. The molecular formula is C19H33N. The van der Waals surface area contributed by atoms with Gasteiger partial charge in [0.1, 0.15) is 0 Å². The molecule has 0 aromatic carbocycles. The maximum atomic E-state index is 5.92. The Hall–Kier alpha value is -0.460. The molecule has 114 valence electrons. The maximum absolute atomic E-state index is 5.92. The van der Waals surface area contributed by atoms with Gasteiger partial charge in [-0.1, -0.05) is 25.8 Å². The standard InChI is InChI=1S/C19H33N/c1-14-2-4-15(5-3-14)16-6-8-17(9-7-16)18-10-12-19(20)13-11-18/h12,14-18H,2-11,13,20H2,1H3. The van der Waals surface area contributed by atoms with Gasteiger partial charge in [0.15, 0.2) is 0 Å². The first-order valence-corrected chi connectivity index (χ1v) is 9.17. The molecule has 0 saturated heterocycles. The zero-order valence-corrected chi connectivity index (χ0v) is 13.3. The van der Waals surface area contributed by atoms with Gasteiger partial charge in [0.2, 0.25) is 0 Å². The van der Waals surface area contributed by atoms with E-state index >= 15 is 0 Å². The van der Waals surface area contributed by atoms with Crippen LogP contribution in [0.3, 0.4) is 0 Å². The molecule has 1 atom stereocenters. The largest absolute Gasteiger partial charge is 0.402 e. The first-order valence-electron chi connectivity index (χ1n) is 9.17. The Bertz CT molecular complexity index is 330. The Morgan fingerprint density at radius 1 is 0.750 bits per heavy atom. The molecule has 2 N–H and O–H groups in total. The fourth-order valence-corrected chi connectivity index (χ4v) is 5.15. The van der Waals surface area contributed by atoms with Crippen molar-refractivity contribution in [3.63, 3.8) is 0 Å². The zero-order valence-electron chi connectivity index (χ0n) is 13.3. The van der Waals surface area contributed by atoms with Crippen molar-refractivity contribution in [2.75, 3.05) is 0 Å². The topological polar surface area (TPSA) is 26.0 Å². The summed E-state index contributed by atoms with van der Waals surface area (Å²) < 4.78 is 0. The van der Waals surface area contributed by atoms with Crippen LogP contribution in [0.4, 0.5) is 0 Å². The van der Waals surface area contributed by atoms with E-state index in [0.717, 1.165) is 41.7 Å². The van der Waals surface area contributed by atoms with Crippen LogP contribution in [0, 0.1) is 29.6 Å². The molecule has 3 aliphatic carbocycles. The summed E-state index contributed by atoms with van der Waals surface area (Å²) in [6.45, 7) is 2.44. The summed E-state index contributed by atoms with van der Waals surface area (Å²) in [6.07, 6.45) is 18.2. The molecule has 0 aliphatic heterocycles. The van der Waals surface area contributed by atoms with Gasteiger partial charge in [-0.2, -0.15) is 0 Å². The van der Waals surface area contributed by atoms with Gasteiger partial charge in [-0.3, -0.25) is 0 Å². The van der Waals surface area contributed by atoms with Crippen LogP contribution in [0.1, 0.15) is 77.6 Å². The predicted molar refractivity (Wildman–Crippen MR) is 86.2 cm³/mol. The minimum atomic E-state index is 0.953. The van der Waals surface area contributed by atoms with E-state index in [2.05, 4.69) is 13.0 Å². The highest BCUT2D eigenvalue weighted by atomic mass is 14.6. The summed E-state index contributed by atoms with van der Waals surface area (Å²) in [6, 6.07) is 0. The van der Waals surface area contributed by atoms with E-state index in [4.69, 9.17) is 5.73 Å². The molecule has 0 spiro atoms. The highest BCUT2D eigenvalue weighted by molar-refractivity contribution is 5.02. The summed E-state index contributed by atoms with van der Waals surface area (Å²) >= 11 is 0. The van der Waals surface area contributed by atoms with Gasteiger partial charge in [0.05, 0.1) is 0 Å². The van der Waals surface area contributed by atoms with Gasteiger partial charge in [0, 0.05) is 5.70 Å². The molecule has 0 bridgehead atoms. The van der Waals surface area contributed by atoms with Crippen molar-refractivity contribution in [3.05, 3.63) is 11.8 Å². The van der Waals surface area contributed by atoms with Crippen LogP contribution in [0.5, 0.6) is 0 Å². The Balaban J connectivity index is 1.45. The van der Waals surface area contributed by atoms with Crippen LogP contribution >= 0.6 is 0 Å². The molecule has 0 aromatic heterocycles. The number of hydrogen-bond acceptors (Lipinski definition) is 1. The van der Waals surface area contributed by atoms with Crippen molar-refractivity contribution in [2.24, 2.45) is 35.3 Å². The fraction of sp³-hybridized carbons (Fsp3) is 0.895. The van der Waals surface area contributed by atoms with Gasteiger partial charge in [0.25, 0.3) is 0 Å². The van der Waals surface area contributed by atoms with Crippen molar-refractivity contribution < 1.29 is 0 Å². The van der Waals surface area contributed by atoms with Crippen molar-refractivity contribution in [1.82, 2.24) is 0 Å². The van der Waals surface area contributed by atoms with Crippen LogP contribution in [0.25, 0.3) is 0 Å². The van der Waals surface area contributed by atoms with Gasteiger partial charge in [-0.05, 0) is 87.4 Å². The Labute approximate surface area is 125 Å². The first kappa shape index (κ1) is 14.5. The molecule has 0 amide bonds. The van der Waals surface area contributed by atoms with Crippen LogP contribution in [0.15, 0.2) is 11.8 Å². The molecule has 2 fully saturated rings. The van der Waals surface area contributed by atoms with Crippen molar-refractivity contribution in [3.8, 4) is 0 Å². The smallest absolute Gasteiger partial charge is 0.00401 e. The van der Waals surface area contributed by atoms with E-state index < -0.39 is 0 Å². The third kappa shape index (κ3) is 3.40. The molecule has 2 saturated carbocycles. The third-order valence-corrected chi connectivity index (χ3v) is 6.70.